The molecule has 0 aliphatic carbocycles. The third-order valence-electron chi connectivity index (χ3n) is 3.84. The molecule has 21 heavy (non-hydrogen) atoms. The highest BCUT2D eigenvalue weighted by Crippen LogP contribution is 2.29. The molecule has 0 radical (unpaired) electrons. The van der Waals surface area contributed by atoms with Crippen LogP contribution in [-0.4, -0.2) is 33.6 Å². The van der Waals surface area contributed by atoms with Crippen molar-refractivity contribution in [3.8, 4) is 0 Å². The van der Waals surface area contributed by atoms with Crippen LogP contribution in [-0.2, 0) is 0 Å². The van der Waals surface area contributed by atoms with Crippen LogP contribution in [0.15, 0.2) is 12.3 Å². The number of hydrogen-bond acceptors (Lipinski definition) is 5. The number of carboxylic acid groups (broad SMARTS) is 1. The molecular weight excluding hydrogens is 274 g/mol. The lowest BCUT2D eigenvalue weighted by molar-refractivity contribution is -0.385. The third kappa shape index (κ3) is 3.29. The van der Waals surface area contributed by atoms with Crippen LogP contribution < -0.4 is 4.90 Å². The van der Waals surface area contributed by atoms with Crippen LogP contribution in [0.25, 0.3) is 0 Å². The van der Waals surface area contributed by atoms with Crippen LogP contribution in [0.3, 0.4) is 0 Å². The summed E-state index contributed by atoms with van der Waals surface area (Å²) < 4.78 is 0. The molecular formula is C14H19N3O4. The van der Waals surface area contributed by atoms with Gasteiger partial charge in [0.25, 0.3) is 0 Å². The molecule has 7 nitrogen and oxygen atoms in total. The second kappa shape index (κ2) is 6.51. The van der Waals surface area contributed by atoms with E-state index < -0.39 is 16.6 Å². The van der Waals surface area contributed by atoms with Crippen molar-refractivity contribution in [1.29, 1.82) is 0 Å². The maximum Gasteiger partial charge on any atom is 0.342 e. The number of carboxylic acids is 1. The number of anilines is 1. The van der Waals surface area contributed by atoms with Gasteiger partial charge < -0.3 is 10.0 Å². The lowest BCUT2D eigenvalue weighted by atomic mass is 9.98. The van der Waals surface area contributed by atoms with Gasteiger partial charge in [0.2, 0.25) is 0 Å². The predicted molar refractivity (Wildman–Crippen MR) is 77.7 cm³/mol. The zero-order valence-corrected chi connectivity index (χ0v) is 12.0. The Hall–Kier alpha value is -2.18. The molecule has 1 aromatic rings. The quantitative estimate of drug-likeness (QED) is 0.662. The largest absolute Gasteiger partial charge is 0.477 e. The smallest absolute Gasteiger partial charge is 0.342 e. The van der Waals surface area contributed by atoms with Gasteiger partial charge in [-0.2, -0.15) is 0 Å². The minimum Gasteiger partial charge on any atom is -0.477 e. The first kappa shape index (κ1) is 15.2. The SMILES string of the molecule is CCCC1CCCCN1c1cc(C(=O)O)c([N+](=O)[O-])cn1. The fourth-order valence-corrected chi connectivity index (χ4v) is 2.85. The summed E-state index contributed by atoms with van der Waals surface area (Å²) in [6, 6.07) is 1.66. The normalized spacial score (nSPS) is 18.5. The molecule has 1 saturated heterocycles. The van der Waals surface area contributed by atoms with Gasteiger partial charge in [0.1, 0.15) is 17.6 Å². The zero-order valence-electron chi connectivity index (χ0n) is 12.0. The molecule has 1 unspecified atom stereocenters. The molecule has 0 aromatic carbocycles. The minimum atomic E-state index is -1.30. The Bertz CT molecular complexity index is 545. The third-order valence-corrected chi connectivity index (χ3v) is 3.84. The van der Waals surface area contributed by atoms with Gasteiger partial charge in [-0.3, -0.25) is 10.1 Å². The lowest BCUT2D eigenvalue weighted by Crippen LogP contribution is -2.40. The van der Waals surface area contributed by atoms with E-state index in [4.69, 9.17) is 5.11 Å². The van der Waals surface area contributed by atoms with Crippen molar-refractivity contribution >= 4 is 17.5 Å². The van der Waals surface area contributed by atoms with Crippen LogP contribution >= 0.6 is 0 Å². The van der Waals surface area contributed by atoms with Gasteiger partial charge in [0.15, 0.2) is 0 Å². The molecule has 7 heteroatoms. The first-order valence-electron chi connectivity index (χ1n) is 7.19. The Balaban J connectivity index is 2.36. The minimum absolute atomic E-state index is 0.300. The van der Waals surface area contributed by atoms with Crippen molar-refractivity contribution < 1.29 is 14.8 Å². The van der Waals surface area contributed by atoms with Gasteiger partial charge in [0.05, 0.1) is 4.92 Å². The average molecular weight is 293 g/mol. The van der Waals surface area contributed by atoms with Crippen LogP contribution in [0, 0.1) is 10.1 Å². The van der Waals surface area contributed by atoms with Crippen LogP contribution in [0.5, 0.6) is 0 Å². The molecule has 1 fully saturated rings. The highest BCUT2D eigenvalue weighted by molar-refractivity contribution is 5.93. The first-order chi connectivity index (χ1) is 10.0. The summed E-state index contributed by atoms with van der Waals surface area (Å²) in [6.45, 7) is 2.92. The number of pyridine rings is 1. The van der Waals surface area contributed by atoms with Gasteiger partial charge in [-0.25, -0.2) is 9.78 Å². The Kier molecular flexibility index (Phi) is 4.72. The maximum absolute atomic E-state index is 11.2. The van der Waals surface area contributed by atoms with E-state index in [1.54, 1.807) is 0 Å². The Morgan fingerprint density at radius 3 is 2.95 bits per heavy atom. The summed E-state index contributed by atoms with van der Waals surface area (Å²) in [5.74, 6) is -0.773. The summed E-state index contributed by atoms with van der Waals surface area (Å²) >= 11 is 0. The number of aromatic nitrogens is 1. The van der Waals surface area contributed by atoms with E-state index in [0.717, 1.165) is 44.8 Å². The molecule has 1 N–H and O–H groups in total. The van der Waals surface area contributed by atoms with Gasteiger partial charge in [0, 0.05) is 18.7 Å². The van der Waals surface area contributed by atoms with Gasteiger partial charge in [-0.15, -0.1) is 0 Å². The van der Waals surface area contributed by atoms with E-state index in [-0.39, 0.29) is 5.56 Å². The fraction of sp³-hybridized carbons (Fsp3) is 0.571. The molecule has 0 amide bonds. The maximum atomic E-state index is 11.2. The monoisotopic (exact) mass is 293 g/mol. The zero-order chi connectivity index (χ0) is 15.4. The number of aromatic carboxylic acids is 1. The highest BCUT2D eigenvalue weighted by atomic mass is 16.6. The number of nitro groups is 1. The van der Waals surface area contributed by atoms with Crippen molar-refractivity contribution in [3.05, 3.63) is 27.9 Å². The van der Waals surface area contributed by atoms with E-state index in [9.17, 15) is 14.9 Å². The number of carbonyl (C=O) groups is 1. The Morgan fingerprint density at radius 1 is 1.57 bits per heavy atom. The van der Waals surface area contributed by atoms with Crippen molar-refractivity contribution in [1.82, 2.24) is 4.98 Å². The van der Waals surface area contributed by atoms with Crippen molar-refractivity contribution in [3.63, 3.8) is 0 Å². The number of hydrogen-bond donors (Lipinski definition) is 1. The second-order valence-electron chi connectivity index (χ2n) is 5.25. The Labute approximate surface area is 122 Å². The molecule has 1 aliphatic rings. The molecule has 1 aliphatic heterocycles. The summed E-state index contributed by atoms with van der Waals surface area (Å²) in [7, 11) is 0. The first-order valence-corrected chi connectivity index (χ1v) is 7.19. The summed E-state index contributed by atoms with van der Waals surface area (Å²) in [6.07, 6.45) is 6.34. The summed E-state index contributed by atoms with van der Waals surface area (Å²) in [5.41, 5.74) is -0.763. The molecule has 0 spiro atoms. The van der Waals surface area contributed by atoms with E-state index in [1.165, 1.54) is 6.07 Å². The summed E-state index contributed by atoms with van der Waals surface area (Å²) in [4.78, 5) is 27.6. The van der Waals surface area contributed by atoms with Crippen molar-refractivity contribution in [2.75, 3.05) is 11.4 Å². The van der Waals surface area contributed by atoms with E-state index in [2.05, 4.69) is 16.8 Å². The predicted octanol–water partition coefficient (Wildman–Crippen LogP) is 2.85. The topological polar surface area (TPSA) is 96.6 Å². The van der Waals surface area contributed by atoms with Crippen LogP contribution in [0.1, 0.15) is 49.4 Å². The number of piperidine rings is 1. The van der Waals surface area contributed by atoms with Crippen LogP contribution in [0.2, 0.25) is 0 Å². The van der Waals surface area contributed by atoms with Gasteiger partial charge in [-0.05, 0) is 25.7 Å². The van der Waals surface area contributed by atoms with Crippen molar-refractivity contribution in [2.24, 2.45) is 0 Å². The molecule has 2 rings (SSSR count). The molecule has 2 heterocycles. The van der Waals surface area contributed by atoms with Crippen LogP contribution in [0.4, 0.5) is 11.5 Å². The van der Waals surface area contributed by atoms with Gasteiger partial charge >= 0.3 is 11.7 Å². The molecule has 0 bridgehead atoms. The lowest BCUT2D eigenvalue weighted by Gasteiger charge is -2.36. The molecule has 1 aromatic heterocycles. The molecule has 1 atom stereocenters. The van der Waals surface area contributed by atoms with Gasteiger partial charge in [-0.1, -0.05) is 13.3 Å². The number of rotatable bonds is 5. The Morgan fingerprint density at radius 2 is 2.33 bits per heavy atom. The standard InChI is InChI=1S/C14H19N3O4/c1-2-5-10-6-3-4-7-16(10)13-8-11(14(18)19)12(9-15-13)17(20)21/h8-10H,2-7H2,1H3,(H,18,19). The molecule has 0 saturated carbocycles. The number of nitrogens with zero attached hydrogens (tertiary/aromatic N) is 3. The highest BCUT2D eigenvalue weighted by Gasteiger charge is 2.27. The summed E-state index contributed by atoms with van der Waals surface area (Å²) in [5, 5.41) is 20.0. The van der Waals surface area contributed by atoms with E-state index in [0.29, 0.717) is 11.9 Å². The fourth-order valence-electron chi connectivity index (χ4n) is 2.85. The van der Waals surface area contributed by atoms with E-state index in [1.807, 2.05) is 0 Å². The average Bonchev–Trinajstić information content (AvgIpc) is 2.47. The van der Waals surface area contributed by atoms with Crippen molar-refractivity contribution in [2.45, 2.75) is 45.1 Å². The second-order valence-corrected chi connectivity index (χ2v) is 5.25. The molecule has 114 valence electrons. The van der Waals surface area contributed by atoms with E-state index >= 15 is 0 Å².